The lowest BCUT2D eigenvalue weighted by Crippen LogP contribution is -2.00. The van der Waals surface area contributed by atoms with Gasteiger partial charge in [-0.1, -0.05) is 56.2 Å². The van der Waals surface area contributed by atoms with E-state index in [1.165, 1.54) is 25.7 Å². The molecule has 0 spiro atoms. The zero-order valence-corrected chi connectivity index (χ0v) is 14.5. The summed E-state index contributed by atoms with van der Waals surface area (Å²) in [6, 6.07) is 0. The molecule has 0 aromatic carbocycles. The predicted molar refractivity (Wildman–Crippen MR) is 96.5 cm³/mol. The average Bonchev–Trinajstić information content (AvgIpc) is 2.51. The Bertz CT molecular complexity index is 392. The van der Waals surface area contributed by atoms with E-state index in [4.69, 9.17) is 5.11 Å². The van der Waals surface area contributed by atoms with Crippen molar-refractivity contribution in [2.75, 3.05) is 0 Å². The van der Waals surface area contributed by atoms with Crippen molar-refractivity contribution in [2.45, 2.75) is 77.6 Å². The highest BCUT2D eigenvalue weighted by Gasteiger charge is 2.02. The van der Waals surface area contributed by atoms with Gasteiger partial charge in [0.1, 0.15) is 5.78 Å². The molecule has 0 aliphatic carbocycles. The first-order valence-corrected chi connectivity index (χ1v) is 8.85. The number of hydrogen-bond donors (Lipinski definition) is 1. The highest BCUT2D eigenvalue weighted by Crippen LogP contribution is 2.03. The minimum Gasteiger partial charge on any atom is -0.481 e. The minimum atomic E-state index is -0.833. The van der Waals surface area contributed by atoms with Crippen LogP contribution in [-0.2, 0) is 9.59 Å². The fourth-order valence-electron chi connectivity index (χ4n) is 2.10. The molecule has 0 aromatic rings. The van der Waals surface area contributed by atoms with Crippen molar-refractivity contribution in [3.05, 3.63) is 36.5 Å². The first-order chi connectivity index (χ1) is 11.2. The molecular formula is C20H32O3. The van der Waals surface area contributed by atoms with Gasteiger partial charge >= 0.3 is 5.97 Å². The highest BCUT2D eigenvalue weighted by molar-refractivity contribution is 5.79. The maximum atomic E-state index is 11.5. The van der Waals surface area contributed by atoms with E-state index in [1.54, 1.807) is 0 Å². The van der Waals surface area contributed by atoms with Crippen molar-refractivity contribution in [3.63, 3.8) is 0 Å². The Balaban J connectivity index is 3.47. The van der Waals surface area contributed by atoms with Crippen LogP contribution in [0, 0.1) is 0 Å². The molecule has 0 atom stereocenters. The molecule has 0 aliphatic rings. The number of Topliss-reactive ketones (excluding diaryl/α,β-unsaturated/α-hetero) is 1. The fourth-order valence-corrected chi connectivity index (χ4v) is 2.10. The largest absolute Gasteiger partial charge is 0.481 e. The van der Waals surface area contributed by atoms with Gasteiger partial charge in [0.15, 0.2) is 0 Å². The monoisotopic (exact) mass is 320 g/mol. The van der Waals surface area contributed by atoms with Gasteiger partial charge in [-0.15, -0.1) is 0 Å². The molecule has 0 saturated heterocycles. The van der Waals surface area contributed by atoms with Crippen molar-refractivity contribution in [2.24, 2.45) is 0 Å². The Morgan fingerprint density at radius 3 is 1.96 bits per heavy atom. The number of ketones is 1. The van der Waals surface area contributed by atoms with Gasteiger partial charge in [0.2, 0.25) is 0 Å². The summed E-state index contributed by atoms with van der Waals surface area (Å²) in [4.78, 5) is 21.8. The molecule has 1 N–H and O–H groups in total. The third kappa shape index (κ3) is 18.3. The molecule has 0 fully saturated rings. The fraction of sp³-hybridized carbons (Fsp3) is 0.600. The molecule has 3 heteroatoms. The summed E-state index contributed by atoms with van der Waals surface area (Å²) < 4.78 is 0. The number of carboxylic acids is 1. The van der Waals surface area contributed by atoms with E-state index < -0.39 is 5.97 Å². The quantitative estimate of drug-likeness (QED) is 0.315. The molecule has 3 nitrogen and oxygen atoms in total. The SMILES string of the molecule is CCCCCC=CCC=CC/C=C\CCC(=O)CCCC(=O)O. The summed E-state index contributed by atoms with van der Waals surface area (Å²) in [5, 5.41) is 8.49. The first kappa shape index (κ1) is 21.4. The van der Waals surface area contributed by atoms with Crippen LogP contribution in [-0.4, -0.2) is 16.9 Å². The van der Waals surface area contributed by atoms with Gasteiger partial charge in [-0.3, -0.25) is 9.59 Å². The molecule has 0 aliphatic heterocycles. The molecule has 0 radical (unpaired) electrons. The Labute approximate surface area is 141 Å². The highest BCUT2D eigenvalue weighted by atomic mass is 16.4. The average molecular weight is 320 g/mol. The summed E-state index contributed by atoms with van der Waals surface area (Å²) in [5.41, 5.74) is 0. The van der Waals surface area contributed by atoms with Gasteiger partial charge in [0.25, 0.3) is 0 Å². The van der Waals surface area contributed by atoms with E-state index in [0.29, 0.717) is 19.3 Å². The molecule has 0 aromatic heterocycles. The van der Waals surface area contributed by atoms with Gasteiger partial charge in [-0.25, -0.2) is 0 Å². The van der Waals surface area contributed by atoms with Crippen LogP contribution in [0.3, 0.4) is 0 Å². The van der Waals surface area contributed by atoms with Crippen LogP contribution in [0.25, 0.3) is 0 Å². The number of carboxylic acid groups (broad SMARTS) is 1. The molecule has 23 heavy (non-hydrogen) atoms. The molecule has 130 valence electrons. The third-order valence-corrected chi connectivity index (χ3v) is 3.45. The summed E-state index contributed by atoms with van der Waals surface area (Å²) in [7, 11) is 0. The lowest BCUT2D eigenvalue weighted by molar-refractivity contribution is -0.137. The topological polar surface area (TPSA) is 54.4 Å². The van der Waals surface area contributed by atoms with E-state index in [-0.39, 0.29) is 12.2 Å². The Kier molecular flexibility index (Phi) is 15.5. The second kappa shape index (κ2) is 16.7. The molecule has 0 amide bonds. The third-order valence-electron chi connectivity index (χ3n) is 3.45. The molecular weight excluding hydrogens is 288 g/mol. The van der Waals surface area contributed by atoms with Crippen LogP contribution in [0.1, 0.15) is 77.6 Å². The van der Waals surface area contributed by atoms with E-state index in [0.717, 1.165) is 19.3 Å². The van der Waals surface area contributed by atoms with E-state index in [1.807, 2.05) is 6.08 Å². The Hall–Kier alpha value is -1.64. The summed E-state index contributed by atoms with van der Waals surface area (Å²) in [6.45, 7) is 2.22. The molecule has 0 unspecified atom stereocenters. The van der Waals surface area contributed by atoms with Crippen LogP contribution >= 0.6 is 0 Å². The zero-order chi connectivity index (χ0) is 17.2. The van der Waals surface area contributed by atoms with Crippen molar-refractivity contribution >= 4 is 11.8 Å². The number of carbonyl (C=O) groups excluding carboxylic acids is 1. The van der Waals surface area contributed by atoms with Crippen molar-refractivity contribution in [3.8, 4) is 0 Å². The van der Waals surface area contributed by atoms with Gasteiger partial charge in [-0.2, -0.15) is 0 Å². The van der Waals surface area contributed by atoms with Crippen LogP contribution in [0.15, 0.2) is 36.5 Å². The zero-order valence-electron chi connectivity index (χ0n) is 14.5. The van der Waals surface area contributed by atoms with E-state index in [2.05, 4.69) is 37.3 Å². The maximum Gasteiger partial charge on any atom is 0.303 e. The molecule has 0 saturated carbocycles. The standard InChI is InChI=1S/C20H32O3/c1-2-3-4-5-6-7-8-9-10-11-12-13-14-16-19(21)17-15-18-20(22)23/h6-7,9-10,12-13H,2-5,8,11,14-18H2,1H3,(H,22,23)/b7-6?,10-9?,13-12-. The van der Waals surface area contributed by atoms with Crippen molar-refractivity contribution < 1.29 is 14.7 Å². The predicted octanol–water partition coefficient (Wildman–Crippen LogP) is 5.62. The smallest absolute Gasteiger partial charge is 0.303 e. The number of hydrogen-bond acceptors (Lipinski definition) is 2. The number of unbranched alkanes of at least 4 members (excludes halogenated alkanes) is 3. The normalized spacial score (nSPS) is 11.9. The second-order valence-electron chi connectivity index (χ2n) is 5.71. The van der Waals surface area contributed by atoms with Crippen molar-refractivity contribution in [1.82, 2.24) is 0 Å². The van der Waals surface area contributed by atoms with E-state index in [9.17, 15) is 9.59 Å². The maximum absolute atomic E-state index is 11.5. The number of rotatable bonds is 15. The summed E-state index contributed by atoms with van der Waals surface area (Å²) in [6.07, 6.45) is 22.0. The van der Waals surface area contributed by atoms with Crippen LogP contribution in [0.4, 0.5) is 0 Å². The Morgan fingerprint density at radius 2 is 1.35 bits per heavy atom. The van der Waals surface area contributed by atoms with Crippen molar-refractivity contribution in [1.29, 1.82) is 0 Å². The first-order valence-electron chi connectivity index (χ1n) is 8.85. The number of allylic oxidation sites excluding steroid dienone is 6. The van der Waals surface area contributed by atoms with Crippen LogP contribution in [0.5, 0.6) is 0 Å². The van der Waals surface area contributed by atoms with Gasteiger partial charge < -0.3 is 5.11 Å². The number of aliphatic carboxylic acids is 1. The summed E-state index contributed by atoms with van der Waals surface area (Å²) in [5.74, 6) is -0.681. The molecule has 0 heterocycles. The Morgan fingerprint density at radius 1 is 0.739 bits per heavy atom. The van der Waals surface area contributed by atoms with Crippen LogP contribution in [0.2, 0.25) is 0 Å². The van der Waals surface area contributed by atoms with E-state index >= 15 is 0 Å². The summed E-state index contributed by atoms with van der Waals surface area (Å²) >= 11 is 0. The van der Waals surface area contributed by atoms with Gasteiger partial charge in [0.05, 0.1) is 0 Å². The molecule has 0 bridgehead atoms. The second-order valence-corrected chi connectivity index (χ2v) is 5.71. The number of carbonyl (C=O) groups is 2. The molecule has 0 rings (SSSR count). The van der Waals surface area contributed by atoms with Gasteiger partial charge in [-0.05, 0) is 38.5 Å². The van der Waals surface area contributed by atoms with Crippen LogP contribution < -0.4 is 0 Å². The lowest BCUT2D eigenvalue weighted by Gasteiger charge is -1.96. The lowest BCUT2D eigenvalue weighted by atomic mass is 10.1. The minimum absolute atomic E-state index is 0.0828. The van der Waals surface area contributed by atoms with Gasteiger partial charge in [0, 0.05) is 19.3 Å².